The molecular formula is C28H31N3O4S2. The summed E-state index contributed by atoms with van der Waals surface area (Å²) >= 11 is 7.48. The van der Waals surface area contributed by atoms with Crippen LogP contribution < -0.4 is 0 Å². The molecule has 1 amide bonds. The first-order valence-electron chi connectivity index (χ1n) is 12.7. The summed E-state index contributed by atoms with van der Waals surface area (Å²) in [6.45, 7) is 2.86. The molecule has 9 heteroatoms. The third-order valence-corrected chi connectivity index (χ3v) is 9.39. The van der Waals surface area contributed by atoms with Crippen LogP contribution in [0.2, 0.25) is 0 Å². The first kappa shape index (κ1) is 25.9. The van der Waals surface area contributed by atoms with Gasteiger partial charge in [-0.3, -0.25) is 9.78 Å². The standard InChI is InChI=1S/C28H31N3O4S2/c1-17(32)22-24-21-12-7-10-19(23(21)25(27(34)35)31(24)26(22)33)16-37-28(36)30(14-18-8-3-2-4-9-18)15-20-11-5-6-13-29-20/h2-6,8-9,11,13,17,19,21-22,24,32H,7,10,12,14-16H2,1H3,(H,34,35)/t17-,19+,21+,22-,24-/m1/s1. The Morgan fingerprint density at radius 3 is 2.62 bits per heavy atom. The second-order valence-corrected chi connectivity index (χ2v) is 11.7. The zero-order valence-corrected chi connectivity index (χ0v) is 22.3. The quantitative estimate of drug-likeness (QED) is 0.384. The van der Waals surface area contributed by atoms with Crippen molar-refractivity contribution in [3.05, 3.63) is 77.3 Å². The molecule has 0 spiro atoms. The first-order chi connectivity index (χ1) is 17.9. The number of pyridine rings is 1. The fourth-order valence-corrected chi connectivity index (χ4v) is 7.45. The maximum absolute atomic E-state index is 12.8. The lowest BCUT2D eigenvalue weighted by atomic mass is 9.70. The molecule has 7 nitrogen and oxygen atoms in total. The fraction of sp³-hybridized carbons (Fsp3) is 0.429. The van der Waals surface area contributed by atoms with Gasteiger partial charge < -0.3 is 20.0 Å². The molecule has 1 aromatic heterocycles. The minimum Gasteiger partial charge on any atom is -0.477 e. The summed E-state index contributed by atoms with van der Waals surface area (Å²) in [5, 5.41) is 20.3. The molecule has 2 N–H and O–H groups in total. The van der Waals surface area contributed by atoms with Crippen LogP contribution in [0.5, 0.6) is 0 Å². The summed E-state index contributed by atoms with van der Waals surface area (Å²) in [5.74, 6) is -1.18. The Morgan fingerprint density at radius 2 is 1.95 bits per heavy atom. The van der Waals surface area contributed by atoms with Gasteiger partial charge in [0.15, 0.2) is 0 Å². The average molecular weight is 538 g/mol. The van der Waals surface area contributed by atoms with Gasteiger partial charge in [0, 0.05) is 24.4 Å². The van der Waals surface area contributed by atoms with E-state index in [-0.39, 0.29) is 29.5 Å². The number of benzene rings is 1. The number of rotatable bonds is 8. The molecule has 3 heterocycles. The zero-order valence-electron chi connectivity index (χ0n) is 20.7. The maximum Gasteiger partial charge on any atom is 0.352 e. The van der Waals surface area contributed by atoms with Gasteiger partial charge in [-0.25, -0.2) is 4.79 Å². The molecule has 2 aliphatic heterocycles. The van der Waals surface area contributed by atoms with Gasteiger partial charge in [0.1, 0.15) is 10.0 Å². The van der Waals surface area contributed by atoms with E-state index in [4.69, 9.17) is 12.2 Å². The van der Waals surface area contributed by atoms with E-state index in [1.165, 1.54) is 4.90 Å². The number of hydrogen-bond acceptors (Lipinski definition) is 6. The number of carbonyl (C=O) groups excluding carboxylic acids is 1. The molecule has 5 atom stereocenters. The highest BCUT2D eigenvalue weighted by atomic mass is 32.2. The van der Waals surface area contributed by atoms with Crippen LogP contribution in [0.15, 0.2) is 66.0 Å². The number of nitrogens with zero attached hydrogens (tertiary/aromatic N) is 3. The van der Waals surface area contributed by atoms with Crippen LogP contribution in [0.3, 0.4) is 0 Å². The number of fused-ring (bicyclic) bond motifs is 3. The van der Waals surface area contributed by atoms with Crippen molar-refractivity contribution in [2.24, 2.45) is 17.8 Å². The smallest absolute Gasteiger partial charge is 0.352 e. The Balaban J connectivity index is 1.34. The Hall–Kier alpha value is -2.75. The molecule has 0 unspecified atom stereocenters. The van der Waals surface area contributed by atoms with Crippen LogP contribution in [-0.2, 0) is 22.7 Å². The number of thiocarbonyl (C=S) groups is 1. The Morgan fingerprint density at radius 1 is 1.19 bits per heavy atom. The third-order valence-electron chi connectivity index (χ3n) is 7.71. The van der Waals surface area contributed by atoms with E-state index in [0.29, 0.717) is 18.8 Å². The minimum atomic E-state index is -1.06. The van der Waals surface area contributed by atoms with Crippen molar-refractivity contribution >= 4 is 40.2 Å². The Kier molecular flexibility index (Phi) is 7.65. The van der Waals surface area contributed by atoms with Gasteiger partial charge in [-0.15, -0.1) is 0 Å². The molecule has 0 bridgehead atoms. The summed E-state index contributed by atoms with van der Waals surface area (Å²) in [4.78, 5) is 33.1. The highest BCUT2D eigenvalue weighted by Gasteiger charge is 2.62. The van der Waals surface area contributed by atoms with Gasteiger partial charge >= 0.3 is 5.97 Å². The van der Waals surface area contributed by atoms with E-state index in [1.807, 2.05) is 36.4 Å². The molecule has 1 saturated carbocycles. The van der Waals surface area contributed by atoms with Gasteiger partial charge in [-0.05, 0) is 49.0 Å². The van der Waals surface area contributed by atoms with Gasteiger partial charge in [-0.2, -0.15) is 0 Å². The number of aliphatic carboxylic acids is 1. The third kappa shape index (κ3) is 5.04. The zero-order chi connectivity index (χ0) is 26.1. The molecule has 194 valence electrons. The van der Waals surface area contributed by atoms with E-state index >= 15 is 0 Å². The van der Waals surface area contributed by atoms with E-state index < -0.39 is 18.0 Å². The van der Waals surface area contributed by atoms with E-state index in [1.54, 1.807) is 24.9 Å². The average Bonchev–Trinajstić information content (AvgIpc) is 3.19. The summed E-state index contributed by atoms with van der Waals surface area (Å²) < 4.78 is 0.744. The lowest BCUT2D eigenvalue weighted by Gasteiger charge is -2.47. The number of hydrogen-bond donors (Lipinski definition) is 2. The predicted octanol–water partition coefficient (Wildman–Crippen LogP) is 4.08. The Labute approximate surface area is 226 Å². The lowest BCUT2D eigenvalue weighted by molar-refractivity contribution is -0.163. The van der Waals surface area contributed by atoms with Gasteiger partial charge in [0.05, 0.1) is 30.3 Å². The number of thioether (sulfide) groups is 1. The highest BCUT2D eigenvalue weighted by Crippen LogP contribution is 2.54. The number of carboxylic acid groups (broad SMARTS) is 1. The molecule has 5 rings (SSSR count). The number of carbonyl (C=O) groups is 2. The normalized spacial score (nSPS) is 25.2. The van der Waals surface area contributed by atoms with Gasteiger partial charge in [0.25, 0.3) is 0 Å². The van der Waals surface area contributed by atoms with E-state index in [2.05, 4.69) is 22.0 Å². The van der Waals surface area contributed by atoms with Crippen molar-refractivity contribution in [2.75, 3.05) is 5.75 Å². The number of amides is 1. The number of carboxylic acids is 1. The summed E-state index contributed by atoms with van der Waals surface area (Å²) in [6.07, 6.45) is 3.66. The topological polar surface area (TPSA) is 94.0 Å². The number of aliphatic hydroxyl groups excluding tert-OH is 1. The summed E-state index contributed by atoms with van der Waals surface area (Å²) in [6, 6.07) is 15.8. The number of β-lactam (4-membered cyclic amide) rings is 1. The van der Waals surface area contributed by atoms with E-state index in [9.17, 15) is 19.8 Å². The van der Waals surface area contributed by atoms with Crippen LogP contribution in [0.4, 0.5) is 0 Å². The van der Waals surface area contributed by atoms with Crippen LogP contribution >= 0.6 is 24.0 Å². The largest absolute Gasteiger partial charge is 0.477 e. The van der Waals surface area contributed by atoms with Crippen molar-refractivity contribution in [2.45, 2.75) is 51.4 Å². The predicted molar refractivity (Wildman–Crippen MR) is 146 cm³/mol. The summed E-state index contributed by atoms with van der Waals surface area (Å²) in [7, 11) is 0. The fourth-order valence-electron chi connectivity index (χ4n) is 6.11. The SMILES string of the molecule is C[C@@H](O)[C@H]1C(=O)N2C(C(=O)O)=C3[C@H](CSC(=S)N(Cc4ccccc4)Cc4ccccn4)CCC[C@@H]3[C@H]12. The van der Waals surface area contributed by atoms with Crippen molar-refractivity contribution < 1.29 is 19.8 Å². The van der Waals surface area contributed by atoms with Gasteiger partial charge in [-0.1, -0.05) is 66.8 Å². The van der Waals surface area contributed by atoms with Crippen molar-refractivity contribution in [1.82, 2.24) is 14.8 Å². The molecule has 1 aromatic carbocycles. The highest BCUT2D eigenvalue weighted by molar-refractivity contribution is 8.22. The first-order valence-corrected chi connectivity index (χ1v) is 14.1. The second kappa shape index (κ2) is 10.9. The molecule has 0 radical (unpaired) electrons. The molecule has 3 aliphatic rings. The monoisotopic (exact) mass is 537 g/mol. The van der Waals surface area contributed by atoms with E-state index in [0.717, 1.165) is 40.4 Å². The van der Waals surface area contributed by atoms with Crippen LogP contribution in [0.1, 0.15) is 37.4 Å². The minimum absolute atomic E-state index is 0.00902. The molecule has 2 aromatic rings. The molecule has 1 saturated heterocycles. The maximum atomic E-state index is 12.8. The number of aliphatic hydroxyl groups is 1. The van der Waals surface area contributed by atoms with Gasteiger partial charge in [0.2, 0.25) is 5.91 Å². The Bertz CT molecular complexity index is 1160. The van der Waals surface area contributed by atoms with Crippen LogP contribution in [0.25, 0.3) is 0 Å². The van der Waals surface area contributed by atoms with Crippen molar-refractivity contribution in [3.63, 3.8) is 0 Å². The van der Waals surface area contributed by atoms with Crippen LogP contribution in [0, 0.1) is 17.8 Å². The molecule has 2 fully saturated rings. The summed E-state index contributed by atoms with van der Waals surface area (Å²) in [5.41, 5.74) is 3.09. The van der Waals surface area contributed by atoms with Crippen molar-refractivity contribution in [3.8, 4) is 0 Å². The lowest BCUT2D eigenvalue weighted by Crippen LogP contribution is -2.64. The molecule has 1 aliphatic carbocycles. The van der Waals surface area contributed by atoms with Crippen LogP contribution in [-0.4, -0.2) is 59.1 Å². The molecule has 37 heavy (non-hydrogen) atoms. The molecular weight excluding hydrogens is 506 g/mol. The second-order valence-electron chi connectivity index (χ2n) is 10.0. The number of aromatic nitrogens is 1. The van der Waals surface area contributed by atoms with Crippen molar-refractivity contribution in [1.29, 1.82) is 0 Å².